The van der Waals surface area contributed by atoms with Crippen molar-refractivity contribution in [1.29, 1.82) is 0 Å². The van der Waals surface area contributed by atoms with Crippen LogP contribution < -0.4 is 5.73 Å². The highest BCUT2D eigenvalue weighted by Crippen LogP contribution is 2.41. The van der Waals surface area contributed by atoms with Crippen molar-refractivity contribution in [1.82, 2.24) is 0 Å². The molecule has 4 N–H and O–H groups in total. The Morgan fingerprint density at radius 1 is 1.50 bits per heavy atom. The van der Waals surface area contributed by atoms with Gasteiger partial charge in [-0.3, -0.25) is 10.1 Å². The number of halogens is 1. The van der Waals surface area contributed by atoms with Crippen LogP contribution >= 0.6 is 15.9 Å². The van der Waals surface area contributed by atoms with Gasteiger partial charge in [-0.15, -0.1) is 0 Å². The summed E-state index contributed by atoms with van der Waals surface area (Å²) in [6.45, 7) is 0. The highest BCUT2D eigenvalue weighted by molar-refractivity contribution is 9.10. The molecule has 6 nitrogen and oxygen atoms in total. The number of hydrogen-bond acceptors (Lipinski definition) is 5. The molecule has 1 aliphatic carbocycles. The second-order valence-corrected chi connectivity index (χ2v) is 5.33. The van der Waals surface area contributed by atoms with E-state index >= 15 is 0 Å². The number of nitrogens with zero attached hydrogens (tertiary/aromatic N) is 1. The molecule has 0 aliphatic heterocycles. The van der Waals surface area contributed by atoms with Gasteiger partial charge in [0.25, 0.3) is 5.69 Å². The number of aromatic hydroxyl groups is 1. The quantitative estimate of drug-likeness (QED) is 0.580. The van der Waals surface area contributed by atoms with E-state index in [0.29, 0.717) is 0 Å². The first-order valence-electron chi connectivity index (χ1n) is 5.52. The van der Waals surface area contributed by atoms with Crippen molar-refractivity contribution < 1.29 is 15.1 Å². The highest BCUT2D eigenvalue weighted by atomic mass is 79.9. The predicted octanol–water partition coefficient (Wildman–Crippen LogP) is 1.83. The lowest BCUT2D eigenvalue weighted by Gasteiger charge is -2.20. The minimum Gasteiger partial charge on any atom is -0.506 e. The molecule has 2 atom stereocenters. The maximum atomic E-state index is 10.8. The van der Waals surface area contributed by atoms with Crippen molar-refractivity contribution in [3.8, 4) is 5.75 Å². The van der Waals surface area contributed by atoms with E-state index in [1.54, 1.807) is 0 Å². The summed E-state index contributed by atoms with van der Waals surface area (Å²) < 4.78 is 0.199. The number of rotatable bonds is 4. The van der Waals surface area contributed by atoms with Crippen molar-refractivity contribution in [3.63, 3.8) is 0 Å². The predicted molar refractivity (Wildman–Crippen MR) is 68.1 cm³/mol. The van der Waals surface area contributed by atoms with E-state index in [0.717, 1.165) is 12.8 Å². The number of hydrogen-bond donors (Lipinski definition) is 3. The Bertz CT molecular complexity index is 490. The van der Waals surface area contributed by atoms with E-state index < -0.39 is 17.1 Å². The van der Waals surface area contributed by atoms with Gasteiger partial charge >= 0.3 is 0 Å². The Balaban J connectivity index is 2.38. The number of aliphatic hydroxyl groups is 1. The molecule has 0 heterocycles. The molecule has 1 aromatic carbocycles. The summed E-state index contributed by atoms with van der Waals surface area (Å²) in [6, 6.07) is 1.58. The smallest absolute Gasteiger partial charge is 0.271 e. The molecular formula is C11H13BrN2O4. The third-order valence-electron chi connectivity index (χ3n) is 3.12. The van der Waals surface area contributed by atoms with Crippen LogP contribution in [-0.2, 0) is 0 Å². The van der Waals surface area contributed by atoms with Crippen molar-refractivity contribution >= 4 is 21.6 Å². The van der Waals surface area contributed by atoms with E-state index in [-0.39, 0.29) is 27.4 Å². The maximum Gasteiger partial charge on any atom is 0.271 e. The molecule has 18 heavy (non-hydrogen) atoms. The summed E-state index contributed by atoms with van der Waals surface area (Å²) >= 11 is 3.04. The third-order valence-corrected chi connectivity index (χ3v) is 3.73. The fourth-order valence-corrected chi connectivity index (χ4v) is 2.34. The van der Waals surface area contributed by atoms with Gasteiger partial charge in [-0.05, 0) is 34.7 Å². The Morgan fingerprint density at radius 3 is 2.61 bits per heavy atom. The molecule has 0 saturated heterocycles. The highest BCUT2D eigenvalue weighted by Gasteiger charge is 2.36. The number of non-ortho nitro benzene ring substituents is 1. The summed E-state index contributed by atoms with van der Waals surface area (Å²) in [4.78, 5) is 10.2. The Hall–Kier alpha value is -1.18. The number of nitrogens with two attached hydrogens (primary N) is 1. The Morgan fingerprint density at radius 2 is 2.11 bits per heavy atom. The second kappa shape index (κ2) is 4.83. The molecule has 1 saturated carbocycles. The van der Waals surface area contributed by atoms with Gasteiger partial charge in [0.1, 0.15) is 5.75 Å². The number of benzene rings is 1. The SMILES string of the molecule is N[C@H](c1cc([N+](=O)[O-])cc(Br)c1O)[C@@H](O)C1CC1. The molecule has 0 spiro atoms. The molecule has 2 rings (SSSR count). The molecule has 1 aliphatic rings. The number of phenolic OH excluding ortho intramolecular Hbond substituents is 1. The molecule has 0 radical (unpaired) electrons. The van der Waals surface area contributed by atoms with E-state index in [1.165, 1.54) is 12.1 Å². The first-order valence-corrected chi connectivity index (χ1v) is 6.31. The van der Waals surface area contributed by atoms with Gasteiger partial charge in [-0.25, -0.2) is 0 Å². The Labute approximate surface area is 112 Å². The summed E-state index contributed by atoms with van der Waals surface area (Å²) in [5.41, 5.74) is 5.88. The van der Waals surface area contributed by atoms with Crippen molar-refractivity contribution in [2.24, 2.45) is 11.7 Å². The lowest BCUT2D eigenvalue weighted by atomic mass is 9.98. The molecule has 0 unspecified atom stereocenters. The van der Waals surface area contributed by atoms with Crippen molar-refractivity contribution in [3.05, 3.63) is 32.3 Å². The first-order chi connectivity index (χ1) is 8.41. The van der Waals surface area contributed by atoms with Gasteiger partial charge in [0.2, 0.25) is 0 Å². The normalized spacial score (nSPS) is 18.4. The van der Waals surface area contributed by atoms with Crippen LogP contribution in [0.4, 0.5) is 5.69 Å². The third kappa shape index (κ3) is 2.47. The fraction of sp³-hybridized carbons (Fsp3) is 0.455. The zero-order valence-electron chi connectivity index (χ0n) is 9.41. The molecule has 0 aromatic heterocycles. The molecule has 1 fully saturated rings. The van der Waals surface area contributed by atoms with E-state index in [2.05, 4.69) is 15.9 Å². The topological polar surface area (TPSA) is 110 Å². The van der Waals surface area contributed by atoms with E-state index in [4.69, 9.17) is 5.73 Å². The van der Waals surface area contributed by atoms with Gasteiger partial charge < -0.3 is 15.9 Å². The average Bonchev–Trinajstić information content (AvgIpc) is 3.14. The van der Waals surface area contributed by atoms with E-state index in [9.17, 15) is 20.3 Å². The summed E-state index contributed by atoms with van der Waals surface area (Å²) in [5, 5.41) is 30.6. The molecule has 98 valence electrons. The van der Waals surface area contributed by atoms with Gasteiger partial charge in [0, 0.05) is 17.7 Å². The van der Waals surface area contributed by atoms with Crippen LogP contribution in [-0.4, -0.2) is 21.2 Å². The minimum atomic E-state index is -0.825. The number of phenols is 1. The molecule has 0 amide bonds. The lowest BCUT2D eigenvalue weighted by molar-refractivity contribution is -0.385. The summed E-state index contributed by atoms with van der Waals surface area (Å²) in [5.74, 6) is -0.0368. The first kappa shape index (κ1) is 13.3. The molecule has 7 heteroatoms. The zero-order valence-corrected chi connectivity index (χ0v) is 11.0. The monoisotopic (exact) mass is 316 g/mol. The van der Waals surface area contributed by atoms with Crippen molar-refractivity contribution in [2.45, 2.75) is 25.0 Å². The van der Waals surface area contributed by atoms with E-state index in [1.807, 2.05) is 0 Å². The van der Waals surface area contributed by atoms with Crippen LogP contribution in [0.2, 0.25) is 0 Å². The minimum absolute atomic E-state index is 0.123. The number of nitro benzene ring substituents is 1. The fourth-order valence-electron chi connectivity index (χ4n) is 1.88. The van der Waals surface area contributed by atoms with Gasteiger partial charge in [0.05, 0.1) is 21.5 Å². The zero-order chi connectivity index (χ0) is 13.4. The molecule has 1 aromatic rings. The second-order valence-electron chi connectivity index (χ2n) is 4.48. The van der Waals surface area contributed by atoms with Crippen LogP contribution in [0.1, 0.15) is 24.4 Å². The van der Waals surface area contributed by atoms with Crippen LogP contribution in [0.15, 0.2) is 16.6 Å². The van der Waals surface area contributed by atoms with Crippen LogP contribution in [0.25, 0.3) is 0 Å². The van der Waals surface area contributed by atoms with Crippen LogP contribution in [0, 0.1) is 16.0 Å². The van der Waals surface area contributed by atoms with Gasteiger partial charge in [-0.1, -0.05) is 0 Å². The average molecular weight is 317 g/mol. The van der Waals surface area contributed by atoms with Crippen LogP contribution in [0.3, 0.4) is 0 Å². The standard InChI is InChI=1S/C11H13BrN2O4/c12-8-4-6(14(17)18)3-7(11(8)16)9(13)10(15)5-1-2-5/h3-5,9-10,15-16H,1-2,13H2/t9-,10+/m1/s1. The Kier molecular flexibility index (Phi) is 3.56. The van der Waals surface area contributed by atoms with Crippen LogP contribution in [0.5, 0.6) is 5.75 Å². The summed E-state index contributed by atoms with van der Waals surface area (Å²) in [7, 11) is 0. The largest absolute Gasteiger partial charge is 0.506 e. The van der Waals surface area contributed by atoms with Gasteiger partial charge in [0.15, 0.2) is 0 Å². The summed E-state index contributed by atoms with van der Waals surface area (Å²) in [6.07, 6.45) is 1.00. The molecular weight excluding hydrogens is 304 g/mol. The van der Waals surface area contributed by atoms with Gasteiger partial charge in [-0.2, -0.15) is 0 Å². The lowest BCUT2D eigenvalue weighted by Crippen LogP contribution is -2.28. The van der Waals surface area contributed by atoms with Crippen molar-refractivity contribution in [2.75, 3.05) is 0 Å². The molecule has 0 bridgehead atoms. The maximum absolute atomic E-state index is 10.8. The number of nitro groups is 1. The number of aliphatic hydroxyl groups excluding tert-OH is 1.